The van der Waals surface area contributed by atoms with Crippen LogP contribution in [0.25, 0.3) is 0 Å². The van der Waals surface area contributed by atoms with Crippen LogP contribution >= 0.6 is 24.0 Å². The average Bonchev–Trinajstić information content (AvgIpc) is 2.67. The zero-order valence-corrected chi connectivity index (χ0v) is 9.81. The van der Waals surface area contributed by atoms with E-state index in [-0.39, 0.29) is 12.4 Å². The SMILES string of the molecule is Cl.Clc1ccnc(NCC2CCCN2)n1. The molecule has 0 aliphatic carbocycles. The minimum absolute atomic E-state index is 0. The molecule has 0 amide bonds. The molecule has 15 heavy (non-hydrogen) atoms. The fourth-order valence-electron chi connectivity index (χ4n) is 1.57. The number of hydrogen-bond donors (Lipinski definition) is 2. The van der Waals surface area contributed by atoms with Gasteiger partial charge in [-0.25, -0.2) is 9.97 Å². The van der Waals surface area contributed by atoms with Crippen molar-refractivity contribution in [3.63, 3.8) is 0 Å². The normalized spacial score (nSPS) is 19.7. The summed E-state index contributed by atoms with van der Waals surface area (Å²) >= 11 is 5.73. The Kier molecular flexibility index (Phi) is 5.08. The summed E-state index contributed by atoms with van der Waals surface area (Å²) in [4.78, 5) is 8.12. The van der Waals surface area contributed by atoms with Gasteiger partial charge in [0, 0.05) is 18.8 Å². The van der Waals surface area contributed by atoms with Crippen LogP contribution in [0.15, 0.2) is 12.3 Å². The maximum Gasteiger partial charge on any atom is 0.224 e. The molecule has 84 valence electrons. The first-order valence-electron chi connectivity index (χ1n) is 4.80. The lowest BCUT2D eigenvalue weighted by Crippen LogP contribution is -2.29. The van der Waals surface area contributed by atoms with Crippen molar-refractivity contribution in [3.8, 4) is 0 Å². The van der Waals surface area contributed by atoms with Crippen molar-refractivity contribution in [1.29, 1.82) is 0 Å². The highest BCUT2D eigenvalue weighted by Gasteiger charge is 2.13. The van der Waals surface area contributed by atoms with Crippen LogP contribution < -0.4 is 10.6 Å². The lowest BCUT2D eigenvalue weighted by Gasteiger charge is -2.10. The molecule has 0 bridgehead atoms. The topological polar surface area (TPSA) is 49.8 Å². The standard InChI is InChI=1S/C9H13ClN4.ClH/c10-8-3-5-12-9(14-8)13-6-7-2-1-4-11-7;/h3,5,7,11H,1-2,4,6H2,(H,12,13,14);1H. The van der Waals surface area contributed by atoms with Crippen molar-refractivity contribution in [1.82, 2.24) is 15.3 Å². The summed E-state index contributed by atoms with van der Waals surface area (Å²) in [6.45, 7) is 1.98. The number of anilines is 1. The zero-order valence-electron chi connectivity index (χ0n) is 8.24. The number of halogens is 2. The molecule has 1 saturated heterocycles. The van der Waals surface area contributed by atoms with Crippen molar-refractivity contribution in [2.45, 2.75) is 18.9 Å². The highest BCUT2D eigenvalue weighted by Crippen LogP contribution is 2.08. The van der Waals surface area contributed by atoms with Crippen LogP contribution in [0.4, 0.5) is 5.95 Å². The minimum atomic E-state index is 0. The third-order valence-corrected chi connectivity index (χ3v) is 2.50. The summed E-state index contributed by atoms with van der Waals surface area (Å²) in [5.74, 6) is 0.603. The Morgan fingerprint density at radius 2 is 2.47 bits per heavy atom. The van der Waals surface area contributed by atoms with Crippen molar-refractivity contribution in [2.24, 2.45) is 0 Å². The Labute approximate surface area is 100 Å². The second-order valence-electron chi connectivity index (χ2n) is 3.38. The highest BCUT2D eigenvalue weighted by molar-refractivity contribution is 6.29. The van der Waals surface area contributed by atoms with Crippen LogP contribution in [0.5, 0.6) is 0 Å². The molecule has 1 fully saturated rings. The van der Waals surface area contributed by atoms with Gasteiger partial charge in [-0.05, 0) is 25.5 Å². The van der Waals surface area contributed by atoms with Crippen LogP contribution in [0.3, 0.4) is 0 Å². The summed E-state index contributed by atoms with van der Waals surface area (Å²) in [7, 11) is 0. The molecule has 0 saturated carbocycles. The number of aromatic nitrogens is 2. The van der Waals surface area contributed by atoms with Crippen LogP contribution in [-0.4, -0.2) is 29.1 Å². The first kappa shape index (κ1) is 12.5. The summed E-state index contributed by atoms with van der Waals surface area (Å²) in [5, 5.41) is 7.02. The molecule has 1 atom stereocenters. The van der Waals surface area contributed by atoms with Crippen LogP contribution in [0, 0.1) is 0 Å². The number of rotatable bonds is 3. The molecule has 1 aliphatic heterocycles. The van der Waals surface area contributed by atoms with Crippen LogP contribution in [0.2, 0.25) is 5.15 Å². The molecule has 0 radical (unpaired) electrons. The second kappa shape index (κ2) is 6.10. The maximum atomic E-state index is 5.73. The van der Waals surface area contributed by atoms with Gasteiger partial charge in [0.1, 0.15) is 5.15 Å². The molecule has 6 heteroatoms. The fraction of sp³-hybridized carbons (Fsp3) is 0.556. The van der Waals surface area contributed by atoms with E-state index in [1.807, 2.05) is 0 Å². The predicted octanol–water partition coefficient (Wildman–Crippen LogP) is 1.72. The Morgan fingerprint density at radius 1 is 1.60 bits per heavy atom. The summed E-state index contributed by atoms with van der Waals surface area (Å²) < 4.78 is 0. The first-order valence-corrected chi connectivity index (χ1v) is 5.18. The van der Waals surface area contributed by atoms with E-state index < -0.39 is 0 Å². The molecule has 2 heterocycles. The van der Waals surface area contributed by atoms with E-state index in [1.165, 1.54) is 12.8 Å². The highest BCUT2D eigenvalue weighted by atomic mass is 35.5. The van der Waals surface area contributed by atoms with Gasteiger partial charge in [-0.2, -0.15) is 0 Å². The molecule has 1 aliphatic rings. The Bertz CT molecular complexity index is 302. The molecule has 2 N–H and O–H groups in total. The molecular formula is C9H14Cl2N4. The first-order chi connectivity index (χ1) is 6.84. The van der Waals surface area contributed by atoms with Crippen LogP contribution in [-0.2, 0) is 0 Å². The molecule has 1 aromatic rings. The third-order valence-electron chi connectivity index (χ3n) is 2.29. The van der Waals surface area contributed by atoms with E-state index in [0.717, 1.165) is 13.1 Å². The van der Waals surface area contributed by atoms with Gasteiger partial charge in [0.05, 0.1) is 0 Å². The molecule has 0 aromatic carbocycles. The predicted molar refractivity (Wildman–Crippen MR) is 63.8 cm³/mol. The quantitative estimate of drug-likeness (QED) is 0.801. The summed E-state index contributed by atoms with van der Waals surface area (Å²) in [6.07, 6.45) is 4.12. The average molecular weight is 249 g/mol. The molecular weight excluding hydrogens is 235 g/mol. The van der Waals surface area contributed by atoms with Gasteiger partial charge in [-0.3, -0.25) is 0 Å². The number of nitrogens with one attached hydrogen (secondary N) is 2. The molecule has 1 aromatic heterocycles. The van der Waals surface area contributed by atoms with Gasteiger partial charge in [0.15, 0.2) is 0 Å². The summed E-state index contributed by atoms with van der Waals surface area (Å²) in [5.41, 5.74) is 0. The smallest absolute Gasteiger partial charge is 0.224 e. The molecule has 0 spiro atoms. The zero-order chi connectivity index (χ0) is 9.80. The molecule has 4 nitrogen and oxygen atoms in total. The largest absolute Gasteiger partial charge is 0.353 e. The third kappa shape index (κ3) is 3.81. The van der Waals surface area contributed by atoms with E-state index in [9.17, 15) is 0 Å². The van der Waals surface area contributed by atoms with Crippen molar-refractivity contribution in [2.75, 3.05) is 18.4 Å². The molecule has 1 unspecified atom stereocenters. The Hall–Kier alpha value is -0.580. The van der Waals surface area contributed by atoms with Gasteiger partial charge in [-0.1, -0.05) is 11.6 Å². The van der Waals surface area contributed by atoms with Gasteiger partial charge >= 0.3 is 0 Å². The van der Waals surface area contributed by atoms with E-state index in [2.05, 4.69) is 20.6 Å². The monoisotopic (exact) mass is 248 g/mol. The summed E-state index contributed by atoms with van der Waals surface area (Å²) in [6, 6.07) is 2.21. The number of hydrogen-bond acceptors (Lipinski definition) is 4. The minimum Gasteiger partial charge on any atom is -0.353 e. The number of nitrogens with zero attached hydrogens (tertiary/aromatic N) is 2. The maximum absolute atomic E-state index is 5.73. The lowest BCUT2D eigenvalue weighted by atomic mass is 10.2. The Morgan fingerprint density at radius 3 is 3.13 bits per heavy atom. The van der Waals surface area contributed by atoms with Gasteiger partial charge in [-0.15, -0.1) is 12.4 Å². The van der Waals surface area contributed by atoms with E-state index in [4.69, 9.17) is 11.6 Å². The Balaban J connectivity index is 0.00000112. The van der Waals surface area contributed by atoms with Gasteiger partial charge in [0.2, 0.25) is 5.95 Å². The van der Waals surface area contributed by atoms with E-state index in [0.29, 0.717) is 17.1 Å². The second-order valence-corrected chi connectivity index (χ2v) is 3.76. The van der Waals surface area contributed by atoms with Crippen molar-refractivity contribution >= 4 is 30.0 Å². The van der Waals surface area contributed by atoms with Gasteiger partial charge in [0.25, 0.3) is 0 Å². The van der Waals surface area contributed by atoms with Crippen molar-refractivity contribution < 1.29 is 0 Å². The van der Waals surface area contributed by atoms with E-state index >= 15 is 0 Å². The van der Waals surface area contributed by atoms with E-state index in [1.54, 1.807) is 12.3 Å². The lowest BCUT2D eigenvalue weighted by molar-refractivity contribution is 0.631. The van der Waals surface area contributed by atoms with Gasteiger partial charge < -0.3 is 10.6 Å². The van der Waals surface area contributed by atoms with Crippen LogP contribution in [0.1, 0.15) is 12.8 Å². The fourth-order valence-corrected chi connectivity index (χ4v) is 1.70. The molecule has 2 rings (SSSR count). The van der Waals surface area contributed by atoms with Crippen molar-refractivity contribution in [3.05, 3.63) is 17.4 Å².